The van der Waals surface area contributed by atoms with E-state index in [-0.39, 0.29) is 17.7 Å². The Bertz CT molecular complexity index is 933. The van der Waals surface area contributed by atoms with Gasteiger partial charge < -0.3 is 15.1 Å². The van der Waals surface area contributed by atoms with E-state index in [1.54, 1.807) is 0 Å². The molecule has 4 rings (SSSR count). The Kier molecular flexibility index (Phi) is 5.75. The van der Waals surface area contributed by atoms with Crippen LogP contribution in [0.25, 0.3) is 0 Å². The Morgan fingerprint density at radius 1 is 1.13 bits per heavy atom. The van der Waals surface area contributed by atoms with Crippen molar-refractivity contribution in [3.05, 3.63) is 58.8 Å². The molecule has 1 N–H and O–H groups in total. The van der Waals surface area contributed by atoms with E-state index in [2.05, 4.69) is 35.1 Å². The predicted octanol–water partition coefficient (Wildman–Crippen LogP) is 2.90. The van der Waals surface area contributed by atoms with Gasteiger partial charge in [-0.3, -0.25) is 9.59 Å². The molecule has 2 aliphatic heterocycles. The molecule has 2 amide bonds. The third-order valence-corrected chi connectivity index (χ3v) is 6.39. The smallest absolute Gasteiger partial charge is 0.253 e. The highest BCUT2D eigenvalue weighted by atomic mass is 16.2. The van der Waals surface area contributed by atoms with E-state index in [9.17, 15) is 9.59 Å². The van der Waals surface area contributed by atoms with Gasteiger partial charge in [-0.2, -0.15) is 0 Å². The topological polar surface area (TPSA) is 65.5 Å². The van der Waals surface area contributed by atoms with Gasteiger partial charge in [-0.25, -0.2) is 4.98 Å². The van der Waals surface area contributed by atoms with Gasteiger partial charge in [-0.15, -0.1) is 0 Å². The fraction of sp³-hybridized carbons (Fsp3) is 0.458. The molecular formula is C24H30N4O2. The second-order valence-electron chi connectivity index (χ2n) is 8.45. The molecule has 0 spiro atoms. The highest BCUT2D eigenvalue weighted by molar-refractivity contribution is 5.94. The summed E-state index contributed by atoms with van der Waals surface area (Å²) in [7, 11) is 0. The van der Waals surface area contributed by atoms with E-state index in [0.29, 0.717) is 24.6 Å². The first-order valence-electron chi connectivity index (χ1n) is 10.8. The predicted molar refractivity (Wildman–Crippen MR) is 118 cm³/mol. The van der Waals surface area contributed by atoms with E-state index < -0.39 is 0 Å². The number of hydrogen-bond acceptors (Lipinski definition) is 4. The van der Waals surface area contributed by atoms with Crippen molar-refractivity contribution in [3.63, 3.8) is 0 Å². The van der Waals surface area contributed by atoms with Crippen LogP contribution in [0, 0.1) is 19.8 Å². The zero-order valence-electron chi connectivity index (χ0n) is 18.0. The summed E-state index contributed by atoms with van der Waals surface area (Å²) in [6.07, 6.45) is 2.86. The maximum Gasteiger partial charge on any atom is 0.253 e. The molecule has 2 fully saturated rings. The summed E-state index contributed by atoms with van der Waals surface area (Å²) < 4.78 is 0. The van der Waals surface area contributed by atoms with E-state index >= 15 is 0 Å². The zero-order chi connectivity index (χ0) is 21.3. The molecule has 2 saturated heterocycles. The number of hydrogen-bond donors (Lipinski definition) is 1. The van der Waals surface area contributed by atoms with Gasteiger partial charge in [-0.05, 0) is 48.6 Å². The van der Waals surface area contributed by atoms with Crippen LogP contribution in [-0.4, -0.2) is 54.4 Å². The molecule has 1 aromatic carbocycles. The first-order valence-corrected chi connectivity index (χ1v) is 10.8. The largest absolute Gasteiger partial charge is 0.355 e. The van der Waals surface area contributed by atoms with E-state index in [1.165, 1.54) is 5.56 Å². The fourth-order valence-electron chi connectivity index (χ4n) is 4.65. The van der Waals surface area contributed by atoms with Crippen LogP contribution in [0.1, 0.15) is 46.3 Å². The van der Waals surface area contributed by atoms with Crippen molar-refractivity contribution >= 4 is 17.6 Å². The molecule has 0 bridgehead atoms. The Morgan fingerprint density at radius 2 is 1.83 bits per heavy atom. The van der Waals surface area contributed by atoms with Crippen molar-refractivity contribution in [2.24, 2.45) is 5.92 Å². The van der Waals surface area contributed by atoms with Crippen LogP contribution in [0.15, 0.2) is 36.5 Å². The van der Waals surface area contributed by atoms with Crippen LogP contribution in [-0.2, 0) is 4.79 Å². The summed E-state index contributed by atoms with van der Waals surface area (Å²) in [5.41, 5.74) is 4.02. The van der Waals surface area contributed by atoms with Crippen molar-refractivity contribution in [1.82, 2.24) is 15.2 Å². The van der Waals surface area contributed by atoms with Gasteiger partial charge in [-0.1, -0.05) is 31.5 Å². The van der Waals surface area contributed by atoms with Crippen molar-refractivity contribution in [1.29, 1.82) is 0 Å². The van der Waals surface area contributed by atoms with Crippen LogP contribution >= 0.6 is 0 Å². The summed E-state index contributed by atoms with van der Waals surface area (Å²) >= 11 is 0. The maximum absolute atomic E-state index is 13.0. The molecule has 0 aliphatic carbocycles. The Morgan fingerprint density at radius 3 is 2.47 bits per heavy atom. The monoisotopic (exact) mass is 406 g/mol. The number of aryl methyl sites for hydroxylation is 2. The molecule has 0 saturated carbocycles. The molecule has 158 valence electrons. The number of anilines is 1. The lowest BCUT2D eigenvalue weighted by atomic mass is 9.86. The lowest BCUT2D eigenvalue weighted by Gasteiger charge is -2.36. The minimum atomic E-state index is -0.104. The normalized spacial score (nSPS) is 21.6. The van der Waals surface area contributed by atoms with E-state index in [1.807, 2.05) is 42.3 Å². The Balaban J connectivity index is 1.40. The summed E-state index contributed by atoms with van der Waals surface area (Å²) in [5, 5.41) is 2.96. The fourth-order valence-corrected chi connectivity index (χ4v) is 4.65. The van der Waals surface area contributed by atoms with Gasteiger partial charge in [0.1, 0.15) is 5.82 Å². The number of aromatic nitrogens is 1. The number of pyridine rings is 1. The number of carbonyl (C=O) groups excluding carboxylic acids is 2. The lowest BCUT2D eigenvalue weighted by molar-refractivity contribution is -0.120. The molecule has 1 unspecified atom stereocenters. The third kappa shape index (κ3) is 3.91. The Hall–Kier alpha value is -2.89. The van der Waals surface area contributed by atoms with Crippen molar-refractivity contribution in [2.75, 3.05) is 37.6 Å². The van der Waals surface area contributed by atoms with Crippen LogP contribution in [0.5, 0.6) is 0 Å². The quantitative estimate of drug-likeness (QED) is 0.848. The standard InChI is InChI=1S/C24H30N4O2/c1-4-18-15-26-23(29)21(18)19-5-7-20(8-6-19)24(30)28-11-9-27(10-12-28)22-17(3)13-16(2)14-25-22/h5-8,13-14,18,21H,4,9-12,15H2,1-3H3,(H,26,29)/t18?,21-/m1/s1. The van der Waals surface area contributed by atoms with E-state index in [0.717, 1.165) is 43.0 Å². The number of benzene rings is 1. The van der Waals surface area contributed by atoms with Gasteiger partial charge in [0.25, 0.3) is 5.91 Å². The van der Waals surface area contributed by atoms with E-state index in [4.69, 9.17) is 0 Å². The minimum absolute atomic E-state index is 0.0534. The van der Waals surface area contributed by atoms with Gasteiger partial charge in [0, 0.05) is 44.5 Å². The number of amides is 2. The number of rotatable bonds is 4. The number of nitrogens with one attached hydrogen (secondary N) is 1. The summed E-state index contributed by atoms with van der Waals surface area (Å²) in [4.78, 5) is 33.9. The SMILES string of the molecule is CCC1CNC(=O)[C@H]1c1ccc(C(=O)N2CCN(c3ncc(C)cc3C)CC2)cc1. The van der Waals surface area contributed by atoms with Gasteiger partial charge in [0.05, 0.1) is 5.92 Å². The van der Waals surface area contributed by atoms with Crippen LogP contribution in [0.3, 0.4) is 0 Å². The first kappa shape index (κ1) is 20.4. The van der Waals surface area contributed by atoms with Crippen molar-refractivity contribution in [2.45, 2.75) is 33.1 Å². The van der Waals surface area contributed by atoms with Crippen molar-refractivity contribution in [3.8, 4) is 0 Å². The highest BCUT2D eigenvalue weighted by Crippen LogP contribution is 2.31. The molecule has 3 heterocycles. The number of nitrogens with zero attached hydrogens (tertiary/aromatic N) is 3. The number of carbonyl (C=O) groups is 2. The molecule has 2 aliphatic rings. The maximum atomic E-state index is 13.0. The zero-order valence-corrected chi connectivity index (χ0v) is 18.0. The van der Waals surface area contributed by atoms with Gasteiger partial charge in [0.2, 0.25) is 5.91 Å². The van der Waals surface area contributed by atoms with Gasteiger partial charge in [0.15, 0.2) is 0 Å². The van der Waals surface area contributed by atoms with Gasteiger partial charge >= 0.3 is 0 Å². The minimum Gasteiger partial charge on any atom is -0.355 e. The molecule has 6 nitrogen and oxygen atoms in total. The summed E-state index contributed by atoms with van der Waals surface area (Å²) in [5.74, 6) is 1.38. The van der Waals surface area contributed by atoms with Crippen LogP contribution < -0.4 is 10.2 Å². The molecule has 30 heavy (non-hydrogen) atoms. The van der Waals surface area contributed by atoms with Crippen molar-refractivity contribution < 1.29 is 9.59 Å². The average molecular weight is 407 g/mol. The molecule has 6 heteroatoms. The Labute approximate surface area is 178 Å². The average Bonchev–Trinajstić information content (AvgIpc) is 3.14. The lowest BCUT2D eigenvalue weighted by Crippen LogP contribution is -2.49. The molecule has 0 radical (unpaired) electrons. The van der Waals surface area contributed by atoms with Crippen LogP contribution in [0.4, 0.5) is 5.82 Å². The molecule has 2 atom stereocenters. The summed E-state index contributed by atoms with van der Waals surface area (Å²) in [6.45, 7) is 9.90. The second-order valence-corrected chi connectivity index (χ2v) is 8.45. The molecule has 1 aromatic heterocycles. The molecule has 2 aromatic rings. The number of piperazine rings is 1. The molecular weight excluding hydrogens is 376 g/mol. The third-order valence-electron chi connectivity index (χ3n) is 6.39. The highest BCUT2D eigenvalue weighted by Gasteiger charge is 2.34. The second kappa shape index (κ2) is 8.46. The van der Waals surface area contributed by atoms with Crippen LogP contribution in [0.2, 0.25) is 0 Å². The summed E-state index contributed by atoms with van der Waals surface area (Å²) in [6, 6.07) is 9.78. The first-order chi connectivity index (χ1) is 14.5.